The van der Waals surface area contributed by atoms with Crippen LogP contribution in [0.25, 0.3) is 0 Å². The Balaban J connectivity index is 2.14. The molecule has 2 nitrogen and oxygen atoms in total. The van der Waals surface area contributed by atoms with Gasteiger partial charge in [-0.2, -0.15) is 0 Å². The van der Waals surface area contributed by atoms with Gasteiger partial charge in [0, 0.05) is 12.6 Å². The van der Waals surface area contributed by atoms with Gasteiger partial charge in [-0.3, -0.25) is 0 Å². The first-order chi connectivity index (χ1) is 6.65. The zero-order chi connectivity index (χ0) is 10.6. The van der Waals surface area contributed by atoms with Crippen molar-refractivity contribution in [1.82, 2.24) is 10.2 Å². The molecule has 0 aromatic carbocycles. The molecule has 2 unspecified atom stereocenters. The first-order valence-electron chi connectivity index (χ1n) is 6.06. The van der Waals surface area contributed by atoms with E-state index in [-0.39, 0.29) is 0 Å². The summed E-state index contributed by atoms with van der Waals surface area (Å²) in [6.45, 7) is 10.3. The molecule has 1 rings (SSSR count). The summed E-state index contributed by atoms with van der Waals surface area (Å²) in [5.41, 5.74) is 0. The van der Waals surface area contributed by atoms with Crippen LogP contribution in [0.5, 0.6) is 0 Å². The third kappa shape index (κ3) is 3.97. The van der Waals surface area contributed by atoms with Gasteiger partial charge in [0.1, 0.15) is 0 Å². The van der Waals surface area contributed by atoms with Crippen LogP contribution in [0.1, 0.15) is 33.6 Å². The fourth-order valence-corrected chi connectivity index (χ4v) is 2.05. The molecule has 2 heteroatoms. The molecule has 1 aliphatic rings. The third-order valence-corrected chi connectivity index (χ3v) is 3.34. The van der Waals surface area contributed by atoms with Gasteiger partial charge in [0.2, 0.25) is 0 Å². The summed E-state index contributed by atoms with van der Waals surface area (Å²) in [4.78, 5) is 2.53. The lowest BCUT2D eigenvalue weighted by Gasteiger charge is -2.27. The van der Waals surface area contributed by atoms with E-state index >= 15 is 0 Å². The maximum Gasteiger partial charge on any atom is 0.00922 e. The van der Waals surface area contributed by atoms with Crippen molar-refractivity contribution < 1.29 is 0 Å². The van der Waals surface area contributed by atoms with Crippen molar-refractivity contribution in [3.63, 3.8) is 0 Å². The molecule has 1 aliphatic carbocycles. The highest BCUT2D eigenvalue weighted by Crippen LogP contribution is 2.34. The molecule has 0 aliphatic heterocycles. The standard InChI is InChI=1S/C12H26N2/c1-5-13-8-10(2)9-14(4)11(3)12-6-7-12/h10-13H,5-9H2,1-4H3. The van der Waals surface area contributed by atoms with E-state index in [1.807, 2.05) is 0 Å². The topological polar surface area (TPSA) is 15.3 Å². The molecule has 1 saturated carbocycles. The number of hydrogen-bond acceptors (Lipinski definition) is 2. The van der Waals surface area contributed by atoms with Crippen LogP contribution in [0.2, 0.25) is 0 Å². The summed E-state index contributed by atoms with van der Waals surface area (Å²) in [5.74, 6) is 1.76. The normalized spacial score (nSPS) is 21.2. The minimum Gasteiger partial charge on any atom is -0.317 e. The molecule has 0 spiro atoms. The third-order valence-electron chi connectivity index (χ3n) is 3.34. The molecule has 0 amide bonds. The Hall–Kier alpha value is -0.0800. The molecular weight excluding hydrogens is 172 g/mol. The van der Waals surface area contributed by atoms with E-state index in [2.05, 4.69) is 38.0 Å². The Kier molecular flexibility index (Phi) is 4.90. The van der Waals surface area contributed by atoms with E-state index in [1.54, 1.807) is 0 Å². The summed E-state index contributed by atoms with van der Waals surface area (Å²) in [6, 6.07) is 0.791. The zero-order valence-corrected chi connectivity index (χ0v) is 10.2. The molecule has 0 saturated heterocycles. The van der Waals surface area contributed by atoms with E-state index < -0.39 is 0 Å². The molecule has 14 heavy (non-hydrogen) atoms. The molecule has 0 aromatic heterocycles. The smallest absolute Gasteiger partial charge is 0.00922 e. The van der Waals surface area contributed by atoms with Gasteiger partial charge in [-0.1, -0.05) is 13.8 Å². The number of rotatable bonds is 7. The Bertz CT molecular complexity index is 154. The Labute approximate surface area is 89.1 Å². The van der Waals surface area contributed by atoms with Crippen molar-refractivity contribution in [2.75, 3.05) is 26.7 Å². The molecule has 84 valence electrons. The van der Waals surface area contributed by atoms with Crippen LogP contribution in [0.4, 0.5) is 0 Å². The highest BCUT2D eigenvalue weighted by molar-refractivity contribution is 4.84. The predicted molar refractivity (Wildman–Crippen MR) is 62.5 cm³/mol. The van der Waals surface area contributed by atoms with Crippen LogP contribution in [0, 0.1) is 11.8 Å². The van der Waals surface area contributed by atoms with Gasteiger partial charge in [-0.25, -0.2) is 0 Å². The van der Waals surface area contributed by atoms with Crippen LogP contribution in [-0.4, -0.2) is 37.6 Å². The monoisotopic (exact) mass is 198 g/mol. The highest BCUT2D eigenvalue weighted by Gasteiger charge is 2.30. The molecule has 0 aromatic rings. The van der Waals surface area contributed by atoms with Crippen LogP contribution in [0.15, 0.2) is 0 Å². The summed E-state index contributed by atoms with van der Waals surface area (Å²) in [7, 11) is 2.27. The average Bonchev–Trinajstić information content (AvgIpc) is 2.96. The van der Waals surface area contributed by atoms with E-state index in [1.165, 1.54) is 19.4 Å². The minimum absolute atomic E-state index is 0.765. The summed E-state index contributed by atoms with van der Waals surface area (Å²) in [5, 5.41) is 3.41. The fourth-order valence-electron chi connectivity index (χ4n) is 2.05. The average molecular weight is 198 g/mol. The maximum absolute atomic E-state index is 3.41. The largest absolute Gasteiger partial charge is 0.317 e. The van der Waals surface area contributed by atoms with Gasteiger partial charge in [-0.15, -0.1) is 0 Å². The van der Waals surface area contributed by atoms with Crippen molar-refractivity contribution in [1.29, 1.82) is 0 Å². The first-order valence-corrected chi connectivity index (χ1v) is 6.06. The van der Waals surface area contributed by atoms with Crippen molar-refractivity contribution in [2.45, 2.75) is 39.7 Å². The van der Waals surface area contributed by atoms with Gasteiger partial charge < -0.3 is 10.2 Å². The first kappa shape index (κ1) is 12.0. The van der Waals surface area contributed by atoms with Gasteiger partial charge >= 0.3 is 0 Å². The fraction of sp³-hybridized carbons (Fsp3) is 1.00. The van der Waals surface area contributed by atoms with Gasteiger partial charge in [0.15, 0.2) is 0 Å². The van der Waals surface area contributed by atoms with Crippen molar-refractivity contribution in [2.24, 2.45) is 11.8 Å². The molecular formula is C12H26N2. The lowest BCUT2D eigenvalue weighted by atomic mass is 10.1. The van der Waals surface area contributed by atoms with Gasteiger partial charge in [-0.05, 0) is 51.7 Å². The highest BCUT2D eigenvalue weighted by atomic mass is 15.1. The lowest BCUT2D eigenvalue weighted by Crippen LogP contribution is -2.37. The van der Waals surface area contributed by atoms with Gasteiger partial charge in [0.05, 0.1) is 0 Å². The van der Waals surface area contributed by atoms with E-state index in [9.17, 15) is 0 Å². The lowest BCUT2D eigenvalue weighted by molar-refractivity contribution is 0.204. The van der Waals surface area contributed by atoms with Crippen LogP contribution in [0.3, 0.4) is 0 Å². The van der Waals surface area contributed by atoms with Crippen LogP contribution in [-0.2, 0) is 0 Å². The molecule has 1 N–H and O–H groups in total. The quantitative estimate of drug-likeness (QED) is 0.673. The number of nitrogens with one attached hydrogen (secondary N) is 1. The Morgan fingerprint density at radius 1 is 1.36 bits per heavy atom. The summed E-state index contributed by atoms with van der Waals surface area (Å²) < 4.78 is 0. The zero-order valence-electron chi connectivity index (χ0n) is 10.2. The van der Waals surface area contributed by atoms with Crippen molar-refractivity contribution in [3.8, 4) is 0 Å². The van der Waals surface area contributed by atoms with E-state index in [0.29, 0.717) is 0 Å². The van der Waals surface area contributed by atoms with Crippen LogP contribution >= 0.6 is 0 Å². The summed E-state index contributed by atoms with van der Waals surface area (Å²) >= 11 is 0. The van der Waals surface area contributed by atoms with E-state index in [4.69, 9.17) is 0 Å². The van der Waals surface area contributed by atoms with Crippen LogP contribution < -0.4 is 5.32 Å². The maximum atomic E-state index is 3.41. The molecule has 0 heterocycles. The number of hydrogen-bond donors (Lipinski definition) is 1. The van der Waals surface area contributed by atoms with E-state index in [0.717, 1.165) is 31.0 Å². The molecule has 2 atom stereocenters. The van der Waals surface area contributed by atoms with Crippen molar-refractivity contribution in [3.05, 3.63) is 0 Å². The molecule has 0 radical (unpaired) electrons. The Morgan fingerprint density at radius 2 is 2.00 bits per heavy atom. The Morgan fingerprint density at radius 3 is 2.50 bits per heavy atom. The second kappa shape index (κ2) is 5.72. The molecule has 1 fully saturated rings. The van der Waals surface area contributed by atoms with Crippen molar-refractivity contribution >= 4 is 0 Å². The van der Waals surface area contributed by atoms with Gasteiger partial charge in [0.25, 0.3) is 0 Å². The minimum atomic E-state index is 0.765. The SMILES string of the molecule is CCNCC(C)CN(C)C(C)C1CC1. The number of nitrogens with zero attached hydrogens (tertiary/aromatic N) is 1. The second-order valence-corrected chi connectivity index (χ2v) is 4.93. The predicted octanol–water partition coefficient (Wildman–Crippen LogP) is 1.96. The second-order valence-electron chi connectivity index (χ2n) is 4.93. The molecule has 0 bridgehead atoms. The summed E-state index contributed by atoms with van der Waals surface area (Å²) in [6.07, 6.45) is 2.90.